The van der Waals surface area contributed by atoms with E-state index in [2.05, 4.69) is 20.9 Å². The van der Waals surface area contributed by atoms with Gasteiger partial charge in [-0.2, -0.15) is 0 Å². The first-order valence-electron chi connectivity index (χ1n) is 11.0. The summed E-state index contributed by atoms with van der Waals surface area (Å²) in [6, 6.07) is 8.78. The van der Waals surface area contributed by atoms with Crippen LogP contribution < -0.4 is 25.4 Å². The lowest BCUT2D eigenvalue weighted by Gasteiger charge is -2.16. The number of rotatable bonds is 9. The van der Waals surface area contributed by atoms with Crippen LogP contribution in [-0.2, 0) is 0 Å². The summed E-state index contributed by atoms with van der Waals surface area (Å²) in [5.74, 6) is 0.570. The first-order chi connectivity index (χ1) is 16.9. The lowest BCUT2D eigenvalue weighted by atomic mass is 10.1. The van der Waals surface area contributed by atoms with E-state index in [1.807, 2.05) is 0 Å². The molecule has 0 radical (unpaired) electrons. The van der Waals surface area contributed by atoms with Crippen molar-refractivity contribution in [2.24, 2.45) is 0 Å². The third kappa shape index (κ3) is 5.91. The van der Waals surface area contributed by atoms with Gasteiger partial charge in [0.05, 0.1) is 48.2 Å². The van der Waals surface area contributed by atoms with Gasteiger partial charge >= 0.3 is 6.03 Å². The smallest absolute Gasteiger partial charge is 0.319 e. The van der Waals surface area contributed by atoms with E-state index in [4.69, 9.17) is 21.1 Å². The molecule has 1 aliphatic carbocycles. The van der Waals surface area contributed by atoms with Crippen molar-refractivity contribution in [1.82, 2.24) is 15.6 Å². The van der Waals surface area contributed by atoms with Crippen LogP contribution in [0.25, 0.3) is 10.9 Å². The highest BCUT2D eigenvalue weighted by Crippen LogP contribution is 2.35. The van der Waals surface area contributed by atoms with Gasteiger partial charge in [0, 0.05) is 29.8 Å². The molecule has 2 aromatic carbocycles. The average molecular weight is 501 g/mol. The zero-order valence-corrected chi connectivity index (χ0v) is 19.6. The molecule has 0 spiro atoms. The highest BCUT2D eigenvalue weighted by molar-refractivity contribution is 6.33. The van der Waals surface area contributed by atoms with E-state index in [9.17, 15) is 19.8 Å². The highest BCUT2D eigenvalue weighted by atomic mass is 35.5. The monoisotopic (exact) mass is 500 g/mol. The van der Waals surface area contributed by atoms with Crippen LogP contribution in [-0.4, -0.2) is 59.5 Å². The van der Waals surface area contributed by atoms with Crippen LogP contribution in [0.1, 0.15) is 23.2 Å². The molecule has 0 bridgehead atoms. The molecule has 5 N–H and O–H groups in total. The second-order valence-corrected chi connectivity index (χ2v) is 8.44. The fraction of sp³-hybridized carbons (Fsp3) is 0.292. The van der Waals surface area contributed by atoms with Crippen molar-refractivity contribution in [2.75, 3.05) is 25.6 Å². The molecule has 10 nitrogen and oxygen atoms in total. The number of hydrogen-bond acceptors (Lipinski definition) is 7. The standard InChI is InChI=1S/C24H25ClN4O6/c1-34-22-10-20-16(9-17(22)23(32)27-14(11-30)12-31)21(6-7-26-20)35-15-4-5-19(18(25)8-15)29-24(33)28-13-2-3-13/h4-10,13-14,30-31H,2-3,11-12H2,1H3,(H,27,32)(H2,28,29,33). The van der Waals surface area contributed by atoms with Gasteiger partial charge in [-0.25, -0.2) is 4.79 Å². The van der Waals surface area contributed by atoms with Crippen LogP contribution in [0, 0.1) is 0 Å². The Balaban J connectivity index is 1.59. The van der Waals surface area contributed by atoms with E-state index in [1.165, 1.54) is 7.11 Å². The van der Waals surface area contributed by atoms with Crippen molar-refractivity contribution in [3.63, 3.8) is 0 Å². The number of aliphatic hydroxyl groups excluding tert-OH is 2. The number of nitrogens with one attached hydrogen (secondary N) is 3. The summed E-state index contributed by atoms with van der Waals surface area (Å²) in [5, 5.41) is 27.5. The molecule has 35 heavy (non-hydrogen) atoms. The number of aromatic nitrogens is 1. The molecule has 0 atom stereocenters. The van der Waals surface area contributed by atoms with Gasteiger partial charge in [-0.05, 0) is 37.1 Å². The fourth-order valence-corrected chi connectivity index (χ4v) is 3.57. The van der Waals surface area contributed by atoms with E-state index in [-0.39, 0.29) is 23.4 Å². The normalized spacial score (nSPS) is 12.9. The quantitative estimate of drug-likeness (QED) is 0.304. The van der Waals surface area contributed by atoms with E-state index < -0.39 is 25.2 Å². The van der Waals surface area contributed by atoms with E-state index in [0.717, 1.165) is 12.8 Å². The van der Waals surface area contributed by atoms with Gasteiger partial charge in [-0.15, -0.1) is 0 Å². The van der Waals surface area contributed by atoms with Gasteiger partial charge in [0.1, 0.15) is 17.2 Å². The van der Waals surface area contributed by atoms with Crippen LogP contribution >= 0.6 is 11.6 Å². The largest absolute Gasteiger partial charge is 0.496 e. The maximum Gasteiger partial charge on any atom is 0.319 e. The Morgan fingerprint density at radius 1 is 1.14 bits per heavy atom. The summed E-state index contributed by atoms with van der Waals surface area (Å²) in [4.78, 5) is 29.1. The minimum Gasteiger partial charge on any atom is -0.496 e. The zero-order valence-electron chi connectivity index (χ0n) is 18.9. The van der Waals surface area contributed by atoms with Crippen LogP contribution in [0.5, 0.6) is 17.2 Å². The van der Waals surface area contributed by atoms with Crippen molar-refractivity contribution < 1.29 is 29.3 Å². The maximum atomic E-state index is 12.8. The van der Waals surface area contributed by atoms with Crippen LogP contribution in [0.15, 0.2) is 42.6 Å². The van der Waals surface area contributed by atoms with Crippen LogP contribution in [0.4, 0.5) is 10.5 Å². The number of methoxy groups -OCH3 is 1. The molecule has 1 aliphatic rings. The first-order valence-corrected chi connectivity index (χ1v) is 11.3. The lowest BCUT2D eigenvalue weighted by molar-refractivity contribution is 0.0876. The number of aliphatic hydroxyl groups is 2. The number of ether oxygens (including phenoxy) is 2. The number of hydrogen-bond donors (Lipinski definition) is 5. The van der Waals surface area contributed by atoms with Crippen LogP contribution in [0.2, 0.25) is 5.02 Å². The molecular formula is C24H25ClN4O6. The fourth-order valence-electron chi connectivity index (χ4n) is 3.35. The van der Waals surface area contributed by atoms with Gasteiger partial charge in [-0.3, -0.25) is 9.78 Å². The second-order valence-electron chi connectivity index (χ2n) is 8.03. The van der Waals surface area contributed by atoms with E-state index >= 15 is 0 Å². The van der Waals surface area contributed by atoms with Crippen molar-refractivity contribution in [3.8, 4) is 17.2 Å². The Morgan fingerprint density at radius 3 is 2.57 bits per heavy atom. The molecule has 0 unspecified atom stereocenters. The Labute approximate surface area is 206 Å². The number of benzene rings is 2. The Bertz CT molecular complexity index is 1250. The molecule has 1 aromatic heterocycles. The maximum absolute atomic E-state index is 12.8. The molecule has 1 heterocycles. The van der Waals surface area contributed by atoms with Gasteiger partial charge in [0.2, 0.25) is 0 Å². The second kappa shape index (κ2) is 10.8. The van der Waals surface area contributed by atoms with E-state index in [0.29, 0.717) is 33.1 Å². The van der Waals surface area contributed by atoms with Crippen LogP contribution in [0.3, 0.4) is 0 Å². The highest BCUT2D eigenvalue weighted by Gasteiger charge is 2.23. The predicted octanol–water partition coefficient (Wildman–Crippen LogP) is 3.06. The molecule has 4 rings (SSSR count). The van der Waals surface area contributed by atoms with Gasteiger partial charge in [0.15, 0.2) is 0 Å². The molecule has 1 saturated carbocycles. The first kappa shape index (κ1) is 24.5. The van der Waals surface area contributed by atoms with Gasteiger partial charge < -0.3 is 35.6 Å². The minimum absolute atomic E-state index is 0.184. The number of urea groups is 1. The number of halogens is 1. The number of nitrogens with zero attached hydrogens (tertiary/aromatic N) is 1. The third-order valence-corrected chi connectivity index (χ3v) is 5.69. The Kier molecular flexibility index (Phi) is 7.54. The third-order valence-electron chi connectivity index (χ3n) is 5.37. The number of pyridine rings is 1. The van der Waals surface area contributed by atoms with E-state index in [1.54, 1.807) is 42.6 Å². The molecule has 3 amide bonds. The summed E-state index contributed by atoms with van der Waals surface area (Å²) < 4.78 is 11.4. The number of carbonyl (C=O) groups excluding carboxylic acids is 2. The predicted molar refractivity (Wildman–Crippen MR) is 130 cm³/mol. The molecular weight excluding hydrogens is 476 g/mol. The number of fused-ring (bicyclic) bond motifs is 1. The summed E-state index contributed by atoms with van der Waals surface area (Å²) in [5.41, 5.74) is 1.16. The average Bonchev–Trinajstić information content (AvgIpc) is 3.67. The topological polar surface area (TPSA) is 142 Å². The summed E-state index contributed by atoms with van der Waals surface area (Å²) >= 11 is 6.35. The SMILES string of the molecule is COc1cc2nccc(Oc3ccc(NC(=O)NC4CC4)c(Cl)c3)c2cc1C(=O)NC(CO)CO. The van der Waals surface area contributed by atoms with Crippen molar-refractivity contribution in [1.29, 1.82) is 0 Å². The molecule has 11 heteroatoms. The molecule has 1 fully saturated rings. The number of carbonyl (C=O) groups is 2. The lowest BCUT2D eigenvalue weighted by Crippen LogP contribution is -2.40. The zero-order chi connectivity index (χ0) is 24.9. The number of anilines is 1. The molecule has 0 saturated heterocycles. The van der Waals surface area contributed by atoms with Gasteiger partial charge in [-0.1, -0.05) is 11.6 Å². The number of amides is 3. The summed E-state index contributed by atoms with van der Waals surface area (Å²) in [6.45, 7) is -0.830. The Morgan fingerprint density at radius 2 is 1.91 bits per heavy atom. The molecule has 184 valence electrons. The van der Waals surface area contributed by atoms with Crippen molar-refractivity contribution >= 4 is 40.1 Å². The van der Waals surface area contributed by atoms with Crippen molar-refractivity contribution in [3.05, 3.63) is 53.2 Å². The van der Waals surface area contributed by atoms with Gasteiger partial charge in [0.25, 0.3) is 5.91 Å². The summed E-state index contributed by atoms with van der Waals surface area (Å²) in [7, 11) is 1.43. The Hall–Kier alpha value is -3.60. The molecule has 0 aliphatic heterocycles. The summed E-state index contributed by atoms with van der Waals surface area (Å²) in [6.07, 6.45) is 3.52. The molecule has 3 aromatic rings. The minimum atomic E-state index is -0.812. The van der Waals surface area contributed by atoms with Crippen molar-refractivity contribution in [2.45, 2.75) is 24.9 Å².